The van der Waals surface area contributed by atoms with Gasteiger partial charge in [0.15, 0.2) is 0 Å². The van der Waals surface area contributed by atoms with Crippen LogP contribution in [-0.4, -0.2) is 42.4 Å². The summed E-state index contributed by atoms with van der Waals surface area (Å²) in [6, 6.07) is 5.39. The highest BCUT2D eigenvalue weighted by atomic mass is 16.5. The van der Waals surface area contributed by atoms with Crippen molar-refractivity contribution in [2.24, 2.45) is 0 Å². The number of hydrogen-bond acceptors (Lipinski definition) is 4. The molecule has 19 heavy (non-hydrogen) atoms. The third-order valence-corrected chi connectivity index (χ3v) is 2.72. The van der Waals surface area contributed by atoms with E-state index in [9.17, 15) is 4.79 Å². The number of carbonyl (C=O) groups is 1. The van der Waals surface area contributed by atoms with Gasteiger partial charge in [0.05, 0.1) is 25.4 Å². The second-order valence-corrected chi connectivity index (χ2v) is 4.10. The van der Waals surface area contributed by atoms with E-state index in [1.165, 1.54) is 0 Å². The van der Waals surface area contributed by atoms with Crippen LogP contribution >= 0.6 is 0 Å². The first-order chi connectivity index (χ1) is 9.22. The van der Waals surface area contributed by atoms with E-state index in [2.05, 4.69) is 10.3 Å². The number of aromatic amines is 1. The van der Waals surface area contributed by atoms with Crippen molar-refractivity contribution in [2.75, 3.05) is 32.1 Å². The summed E-state index contributed by atoms with van der Waals surface area (Å²) in [6.07, 6.45) is 1.66. The van der Waals surface area contributed by atoms with Gasteiger partial charge in [-0.2, -0.15) is 0 Å². The van der Waals surface area contributed by atoms with Crippen LogP contribution in [0.15, 0.2) is 24.4 Å². The maximum Gasteiger partial charge on any atom is 0.253 e. The zero-order valence-corrected chi connectivity index (χ0v) is 10.5. The quantitative estimate of drug-likeness (QED) is 0.450. The lowest BCUT2D eigenvalue weighted by molar-refractivity contribution is 0.0839. The van der Waals surface area contributed by atoms with E-state index in [1.807, 2.05) is 6.07 Å². The predicted molar refractivity (Wildman–Crippen MR) is 72.9 cm³/mol. The van der Waals surface area contributed by atoms with Crippen molar-refractivity contribution in [3.05, 3.63) is 30.0 Å². The Morgan fingerprint density at radius 1 is 1.42 bits per heavy atom. The van der Waals surface area contributed by atoms with Gasteiger partial charge in [-0.3, -0.25) is 4.79 Å². The van der Waals surface area contributed by atoms with Crippen molar-refractivity contribution < 1.29 is 14.6 Å². The lowest BCUT2D eigenvalue weighted by Gasteiger charge is -2.05. The lowest BCUT2D eigenvalue weighted by atomic mass is 10.1. The minimum absolute atomic E-state index is 0.0182. The number of nitrogens with two attached hydrogens (primary N) is 1. The van der Waals surface area contributed by atoms with Crippen LogP contribution in [0.2, 0.25) is 0 Å². The van der Waals surface area contributed by atoms with E-state index in [0.717, 1.165) is 10.9 Å². The molecule has 1 amide bonds. The highest BCUT2D eigenvalue weighted by Crippen LogP contribution is 2.20. The third-order valence-electron chi connectivity index (χ3n) is 2.72. The number of anilines is 1. The van der Waals surface area contributed by atoms with Gasteiger partial charge >= 0.3 is 0 Å². The molecule has 6 nitrogen and oxygen atoms in total. The van der Waals surface area contributed by atoms with Crippen LogP contribution in [0, 0.1) is 0 Å². The molecule has 0 aliphatic rings. The molecule has 102 valence electrons. The van der Waals surface area contributed by atoms with Crippen LogP contribution in [0.4, 0.5) is 5.69 Å². The van der Waals surface area contributed by atoms with Gasteiger partial charge in [0.25, 0.3) is 5.91 Å². The van der Waals surface area contributed by atoms with E-state index < -0.39 is 0 Å². The van der Waals surface area contributed by atoms with Crippen molar-refractivity contribution in [2.45, 2.75) is 0 Å². The van der Waals surface area contributed by atoms with Crippen LogP contribution < -0.4 is 11.1 Å². The zero-order chi connectivity index (χ0) is 13.7. The van der Waals surface area contributed by atoms with E-state index in [1.54, 1.807) is 18.3 Å². The Bertz CT molecular complexity index is 565. The molecule has 0 fully saturated rings. The van der Waals surface area contributed by atoms with Crippen LogP contribution in [-0.2, 0) is 4.74 Å². The number of aliphatic hydroxyl groups is 1. The molecule has 0 spiro atoms. The Labute approximate surface area is 110 Å². The van der Waals surface area contributed by atoms with E-state index in [4.69, 9.17) is 15.6 Å². The Kier molecular flexibility index (Phi) is 4.38. The Hall–Kier alpha value is -2.05. The van der Waals surface area contributed by atoms with Gasteiger partial charge in [-0.1, -0.05) is 0 Å². The molecule has 0 bridgehead atoms. The van der Waals surface area contributed by atoms with Gasteiger partial charge in [-0.15, -0.1) is 0 Å². The molecule has 0 aliphatic carbocycles. The molecule has 1 aromatic heterocycles. The number of aliphatic hydroxyl groups excluding tert-OH is 1. The maximum atomic E-state index is 12.0. The van der Waals surface area contributed by atoms with Crippen molar-refractivity contribution in [1.29, 1.82) is 0 Å². The first kappa shape index (κ1) is 13.4. The van der Waals surface area contributed by atoms with E-state index >= 15 is 0 Å². The molecular weight excluding hydrogens is 246 g/mol. The number of benzene rings is 1. The number of fused-ring (bicyclic) bond motifs is 1. The minimum atomic E-state index is -0.176. The molecule has 6 heteroatoms. The lowest BCUT2D eigenvalue weighted by Crippen LogP contribution is -2.27. The number of carbonyl (C=O) groups excluding carboxylic acids is 1. The number of aromatic nitrogens is 1. The highest BCUT2D eigenvalue weighted by molar-refractivity contribution is 6.07. The maximum absolute atomic E-state index is 12.0. The molecule has 2 rings (SSSR count). The van der Waals surface area contributed by atoms with Gasteiger partial charge in [-0.05, 0) is 18.2 Å². The summed E-state index contributed by atoms with van der Waals surface area (Å²) < 4.78 is 5.06. The topological polar surface area (TPSA) is 100 Å². The largest absolute Gasteiger partial charge is 0.399 e. The van der Waals surface area contributed by atoms with Crippen molar-refractivity contribution in [1.82, 2.24) is 10.3 Å². The summed E-state index contributed by atoms with van der Waals surface area (Å²) in [6.45, 7) is 1.03. The number of amides is 1. The number of ether oxygens (including phenoxy) is 1. The molecule has 0 aliphatic heterocycles. The van der Waals surface area contributed by atoms with E-state index in [-0.39, 0.29) is 19.1 Å². The molecule has 2 aromatic rings. The summed E-state index contributed by atoms with van der Waals surface area (Å²) in [4.78, 5) is 15.0. The average molecular weight is 263 g/mol. The SMILES string of the molecule is Nc1ccc2[nH]cc(C(=O)NCCOCCO)c2c1. The van der Waals surface area contributed by atoms with Crippen LogP contribution in [0.5, 0.6) is 0 Å². The Morgan fingerprint density at radius 2 is 2.26 bits per heavy atom. The molecule has 0 unspecified atom stereocenters. The minimum Gasteiger partial charge on any atom is -0.399 e. The van der Waals surface area contributed by atoms with Crippen molar-refractivity contribution in [3.8, 4) is 0 Å². The predicted octanol–water partition coefficient (Wildman–Crippen LogP) is 0.489. The number of nitrogens with one attached hydrogen (secondary N) is 2. The smallest absolute Gasteiger partial charge is 0.253 e. The number of H-pyrrole nitrogens is 1. The second kappa shape index (κ2) is 6.21. The van der Waals surface area contributed by atoms with Gasteiger partial charge in [0, 0.05) is 29.3 Å². The molecular formula is C13H17N3O3. The third kappa shape index (κ3) is 3.24. The zero-order valence-electron chi connectivity index (χ0n) is 10.5. The average Bonchev–Trinajstić information content (AvgIpc) is 2.81. The van der Waals surface area contributed by atoms with Crippen molar-refractivity contribution in [3.63, 3.8) is 0 Å². The molecule has 5 N–H and O–H groups in total. The first-order valence-electron chi connectivity index (χ1n) is 6.06. The Morgan fingerprint density at radius 3 is 3.05 bits per heavy atom. The number of rotatable bonds is 6. The highest BCUT2D eigenvalue weighted by Gasteiger charge is 2.11. The molecule has 1 heterocycles. The molecule has 0 saturated carbocycles. The summed E-state index contributed by atoms with van der Waals surface area (Å²) in [5.74, 6) is -0.176. The summed E-state index contributed by atoms with van der Waals surface area (Å²) in [7, 11) is 0. The van der Waals surface area contributed by atoms with Gasteiger partial charge in [0.2, 0.25) is 0 Å². The summed E-state index contributed by atoms with van der Waals surface area (Å²) in [5, 5.41) is 12.1. The fourth-order valence-electron chi connectivity index (χ4n) is 1.82. The van der Waals surface area contributed by atoms with E-state index in [0.29, 0.717) is 24.4 Å². The van der Waals surface area contributed by atoms with Crippen LogP contribution in [0.1, 0.15) is 10.4 Å². The molecule has 1 aromatic carbocycles. The summed E-state index contributed by atoms with van der Waals surface area (Å²) in [5.41, 5.74) is 7.77. The molecule has 0 radical (unpaired) electrons. The fraction of sp³-hybridized carbons (Fsp3) is 0.308. The van der Waals surface area contributed by atoms with Crippen LogP contribution in [0.25, 0.3) is 10.9 Å². The molecule has 0 atom stereocenters. The van der Waals surface area contributed by atoms with Gasteiger partial charge in [-0.25, -0.2) is 0 Å². The second-order valence-electron chi connectivity index (χ2n) is 4.10. The molecule has 0 saturated heterocycles. The monoisotopic (exact) mass is 263 g/mol. The normalized spacial score (nSPS) is 10.8. The Balaban J connectivity index is 1.99. The van der Waals surface area contributed by atoms with Crippen molar-refractivity contribution >= 4 is 22.5 Å². The first-order valence-corrected chi connectivity index (χ1v) is 6.06. The fourth-order valence-corrected chi connectivity index (χ4v) is 1.82. The van der Waals surface area contributed by atoms with Crippen LogP contribution in [0.3, 0.4) is 0 Å². The number of hydrogen-bond donors (Lipinski definition) is 4. The van der Waals surface area contributed by atoms with Gasteiger partial charge < -0.3 is 25.9 Å². The number of nitrogen functional groups attached to an aromatic ring is 1. The standard InChI is InChI=1S/C13H17N3O3/c14-9-1-2-12-10(7-9)11(8-16-12)13(18)15-3-5-19-6-4-17/h1-2,7-8,16-17H,3-6,14H2,(H,15,18). The van der Waals surface area contributed by atoms with Gasteiger partial charge in [0.1, 0.15) is 0 Å². The summed E-state index contributed by atoms with van der Waals surface area (Å²) >= 11 is 0.